The van der Waals surface area contributed by atoms with Crippen molar-refractivity contribution in [2.24, 2.45) is 11.3 Å². The fraction of sp³-hybridized carbons (Fsp3) is 0.667. The zero-order valence-corrected chi connectivity index (χ0v) is 13.2. The molecule has 3 heterocycles. The fourth-order valence-electron chi connectivity index (χ4n) is 4.18. The Morgan fingerprint density at radius 2 is 2.00 bits per heavy atom. The molecule has 1 atom stereocenters. The van der Waals surface area contributed by atoms with Gasteiger partial charge in [-0.05, 0) is 62.3 Å². The van der Waals surface area contributed by atoms with Gasteiger partial charge in [-0.2, -0.15) is 0 Å². The third-order valence-electron chi connectivity index (χ3n) is 5.59. The Hall–Kier alpha value is -1.42. The maximum Gasteiger partial charge on any atom is 0.230 e. The van der Waals surface area contributed by atoms with Gasteiger partial charge in [-0.1, -0.05) is 0 Å². The van der Waals surface area contributed by atoms with Gasteiger partial charge < -0.3 is 9.80 Å². The van der Waals surface area contributed by atoms with Crippen LogP contribution >= 0.6 is 0 Å². The number of carbonyl (C=O) groups excluding carboxylic acids is 1. The first-order valence-electron chi connectivity index (χ1n) is 8.66. The number of likely N-dealkylation sites (tertiary alicyclic amines) is 2. The summed E-state index contributed by atoms with van der Waals surface area (Å²) in [6, 6.07) is 4.02. The van der Waals surface area contributed by atoms with Gasteiger partial charge in [-0.25, -0.2) is 0 Å². The molecule has 0 N–H and O–H groups in total. The van der Waals surface area contributed by atoms with Crippen LogP contribution in [0.4, 0.5) is 0 Å². The van der Waals surface area contributed by atoms with Crippen molar-refractivity contribution >= 4 is 5.91 Å². The number of hydrogen-bond donors (Lipinski definition) is 0. The summed E-state index contributed by atoms with van der Waals surface area (Å²) >= 11 is 0. The predicted octanol–water partition coefficient (Wildman–Crippen LogP) is 2.31. The Kier molecular flexibility index (Phi) is 3.65. The van der Waals surface area contributed by atoms with Crippen LogP contribution < -0.4 is 0 Å². The van der Waals surface area contributed by atoms with Gasteiger partial charge in [0.25, 0.3) is 0 Å². The molecule has 1 spiro atoms. The van der Waals surface area contributed by atoms with Crippen molar-refractivity contribution in [3.63, 3.8) is 0 Å². The van der Waals surface area contributed by atoms with Crippen molar-refractivity contribution in [2.45, 2.75) is 38.6 Å². The first-order chi connectivity index (χ1) is 10.8. The van der Waals surface area contributed by atoms with E-state index in [0.717, 1.165) is 38.4 Å². The molecular weight excluding hydrogens is 274 g/mol. The van der Waals surface area contributed by atoms with Crippen LogP contribution in [0.25, 0.3) is 0 Å². The van der Waals surface area contributed by atoms with Crippen molar-refractivity contribution in [3.8, 4) is 0 Å². The maximum absolute atomic E-state index is 13.0. The van der Waals surface area contributed by atoms with E-state index < -0.39 is 0 Å². The first kappa shape index (κ1) is 14.2. The number of piperidine rings is 1. The first-order valence-corrected chi connectivity index (χ1v) is 8.66. The molecule has 0 aromatic carbocycles. The Balaban J connectivity index is 1.43. The summed E-state index contributed by atoms with van der Waals surface area (Å²) in [5, 5.41) is 0. The second-order valence-corrected chi connectivity index (χ2v) is 7.39. The molecule has 3 aliphatic rings. The molecule has 4 nitrogen and oxygen atoms in total. The topological polar surface area (TPSA) is 36.4 Å². The zero-order chi connectivity index (χ0) is 15.0. The van der Waals surface area contributed by atoms with Gasteiger partial charge >= 0.3 is 0 Å². The number of carbonyl (C=O) groups is 1. The van der Waals surface area contributed by atoms with Crippen LogP contribution in [0, 0.1) is 11.3 Å². The third kappa shape index (κ3) is 2.76. The molecule has 1 aromatic heterocycles. The molecule has 1 amide bonds. The quantitative estimate of drug-likeness (QED) is 0.856. The Morgan fingerprint density at radius 3 is 2.77 bits per heavy atom. The summed E-state index contributed by atoms with van der Waals surface area (Å²) in [5.41, 5.74) is 1.10. The minimum atomic E-state index is -0.0832. The van der Waals surface area contributed by atoms with E-state index in [9.17, 15) is 4.79 Å². The van der Waals surface area contributed by atoms with Gasteiger partial charge in [-0.15, -0.1) is 0 Å². The second kappa shape index (κ2) is 5.65. The van der Waals surface area contributed by atoms with Crippen molar-refractivity contribution in [1.29, 1.82) is 0 Å². The summed E-state index contributed by atoms with van der Waals surface area (Å²) in [6.07, 6.45) is 9.71. The molecular formula is C18H25N3O. The molecule has 22 heavy (non-hydrogen) atoms. The lowest BCUT2D eigenvalue weighted by Gasteiger charge is -2.39. The van der Waals surface area contributed by atoms with E-state index in [2.05, 4.69) is 14.8 Å². The lowest BCUT2D eigenvalue weighted by atomic mass is 9.78. The molecule has 1 saturated carbocycles. The molecule has 3 fully saturated rings. The molecule has 0 radical (unpaired) electrons. The normalized spacial score (nSPS) is 29.5. The Bertz CT molecular complexity index is 543. The number of pyridine rings is 1. The number of rotatable bonds is 4. The average molecular weight is 299 g/mol. The van der Waals surface area contributed by atoms with Gasteiger partial charge in [-0.3, -0.25) is 9.78 Å². The minimum absolute atomic E-state index is 0.0832. The van der Waals surface area contributed by atoms with Gasteiger partial charge in [0.05, 0.1) is 5.41 Å². The highest BCUT2D eigenvalue weighted by atomic mass is 16.2. The molecule has 0 bridgehead atoms. The fourth-order valence-corrected chi connectivity index (χ4v) is 4.18. The summed E-state index contributed by atoms with van der Waals surface area (Å²) < 4.78 is 0. The van der Waals surface area contributed by atoms with E-state index in [1.807, 2.05) is 24.5 Å². The smallest absolute Gasteiger partial charge is 0.230 e. The van der Waals surface area contributed by atoms with Crippen LogP contribution in [0.3, 0.4) is 0 Å². The van der Waals surface area contributed by atoms with E-state index in [4.69, 9.17) is 0 Å². The molecule has 1 aliphatic carbocycles. The van der Waals surface area contributed by atoms with Crippen LogP contribution in [-0.4, -0.2) is 46.9 Å². The summed E-state index contributed by atoms with van der Waals surface area (Å²) in [5.74, 6) is 1.31. The SMILES string of the molecule is O=C1N(Cc2ccncc2)CCC12CCCN(CC1CC1)C2. The summed E-state index contributed by atoms with van der Waals surface area (Å²) in [6.45, 7) is 5.06. The lowest BCUT2D eigenvalue weighted by Crippen LogP contribution is -2.48. The van der Waals surface area contributed by atoms with E-state index in [1.54, 1.807) is 0 Å². The molecule has 1 aromatic rings. The highest BCUT2D eigenvalue weighted by Gasteiger charge is 2.48. The molecule has 1 unspecified atom stereocenters. The molecule has 2 aliphatic heterocycles. The van der Waals surface area contributed by atoms with Crippen molar-refractivity contribution in [3.05, 3.63) is 30.1 Å². The number of aromatic nitrogens is 1. The summed E-state index contributed by atoms with van der Waals surface area (Å²) in [7, 11) is 0. The van der Waals surface area contributed by atoms with Gasteiger partial charge in [0.2, 0.25) is 5.91 Å². The van der Waals surface area contributed by atoms with Crippen molar-refractivity contribution < 1.29 is 4.79 Å². The Labute approximate surface area is 132 Å². The number of hydrogen-bond acceptors (Lipinski definition) is 3. The van der Waals surface area contributed by atoms with Crippen LogP contribution in [0.2, 0.25) is 0 Å². The third-order valence-corrected chi connectivity index (χ3v) is 5.59. The van der Waals surface area contributed by atoms with Crippen molar-refractivity contribution in [1.82, 2.24) is 14.8 Å². The second-order valence-electron chi connectivity index (χ2n) is 7.39. The number of nitrogens with zero attached hydrogens (tertiary/aromatic N) is 3. The summed E-state index contributed by atoms with van der Waals surface area (Å²) in [4.78, 5) is 21.7. The minimum Gasteiger partial charge on any atom is -0.338 e. The van der Waals surface area contributed by atoms with Gasteiger partial charge in [0.15, 0.2) is 0 Å². The zero-order valence-electron chi connectivity index (χ0n) is 13.2. The maximum atomic E-state index is 13.0. The molecule has 4 heteroatoms. The predicted molar refractivity (Wildman–Crippen MR) is 85.1 cm³/mol. The van der Waals surface area contributed by atoms with Crippen LogP contribution in [0.15, 0.2) is 24.5 Å². The monoisotopic (exact) mass is 299 g/mol. The lowest BCUT2D eigenvalue weighted by molar-refractivity contribution is -0.139. The van der Waals surface area contributed by atoms with Crippen LogP contribution in [0.1, 0.15) is 37.7 Å². The Morgan fingerprint density at radius 1 is 1.18 bits per heavy atom. The van der Waals surface area contributed by atoms with Crippen LogP contribution in [-0.2, 0) is 11.3 Å². The van der Waals surface area contributed by atoms with Crippen LogP contribution in [0.5, 0.6) is 0 Å². The van der Waals surface area contributed by atoms with Crippen molar-refractivity contribution in [2.75, 3.05) is 26.2 Å². The van der Waals surface area contributed by atoms with E-state index in [-0.39, 0.29) is 5.41 Å². The molecule has 2 saturated heterocycles. The molecule has 4 rings (SSSR count). The average Bonchev–Trinajstić information content (AvgIpc) is 3.31. The number of amides is 1. The highest BCUT2D eigenvalue weighted by molar-refractivity contribution is 5.85. The molecule has 118 valence electrons. The highest BCUT2D eigenvalue weighted by Crippen LogP contribution is 2.42. The standard InChI is InChI=1S/C18H25N3O/c22-17-18(6-1-10-20(14-18)12-15-2-3-15)7-11-21(17)13-16-4-8-19-9-5-16/h4-5,8-9,15H,1-3,6-7,10-14H2. The van der Waals surface area contributed by atoms with E-state index >= 15 is 0 Å². The van der Waals surface area contributed by atoms with E-state index in [0.29, 0.717) is 5.91 Å². The van der Waals surface area contributed by atoms with Gasteiger partial charge in [0, 0.05) is 38.6 Å². The van der Waals surface area contributed by atoms with E-state index in [1.165, 1.54) is 37.9 Å². The largest absolute Gasteiger partial charge is 0.338 e. The van der Waals surface area contributed by atoms with Gasteiger partial charge in [0.1, 0.15) is 0 Å².